The Bertz CT molecular complexity index is 350. The van der Waals surface area contributed by atoms with Crippen molar-refractivity contribution >= 4 is 0 Å². The smallest absolute Gasteiger partial charge is 0.119 e. The molecule has 0 fully saturated rings. The maximum atomic E-state index is 9.89. The fraction of sp³-hybridized carbons (Fsp3) is 0.538. The Hall–Kier alpha value is -1.02. The van der Waals surface area contributed by atoms with Gasteiger partial charge in [-0.15, -0.1) is 0 Å². The number of phenols is 1. The van der Waals surface area contributed by atoms with Crippen LogP contribution in [0.4, 0.5) is 0 Å². The molecule has 0 amide bonds. The lowest BCUT2D eigenvalue weighted by Gasteiger charge is -2.22. The molecule has 15 heavy (non-hydrogen) atoms. The molecule has 1 rings (SSSR count). The van der Waals surface area contributed by atoms with E-state index in [0.717, 1.165) is 17.5 Å². The summed E-state index contributed by atoms with van der Waals surface area (Å²) >= 11 is 0. The van der Waals surface area contributed by atoms with Gasteiger partial charge < -0.3 is 10.8 Å². The van der Waals surface area contributed by atoms with Crippen molar-refractivity contribution in [2.75, 3.05) is 6.54 Å². The summed E-state index contributed by atoms with van der Waals surface area (Å²) in [6.45, 7) is 8.96. The monoisotopic (exact) mass is 207 g/mol. The van der Waals surface area contributed by atoms with Crippen LogP contribution in [0.2, 0.25) is 0 Å². The van der Waals surface area contributed by atoms with E-state index in [-0.39, 0.29) is 5.41 Å². The first kappa shape index (κ1) is 12.1. The molecule has 0 aliphatic carbocycles. The van der Waals surface area contributed by atoms with Gasteiger partial charge in [-0.05, 0) is 48.1 Å². The number of aromatic hydroxyl groups is 1. The summed E-state index contributed by atoms with van der Waals surface area (Å²) < 4.78 is 0. The minimum atomic E-state index is -0.0267. The summed E-state index contributed by atoms with van der Waals surface area (Å²) in [4.78, 5) is 0. The topological polar surface area (TPSA) is 46.2 Å². The van der Waals surface area contributed by atoms with E-state index < -0.39 is 0 Å². The molecular weight excluding hydrogens is 186 g/mol. The highest BCUT2D eigenvalue weighted by Gasteiger charge is 2.19. The van der Waals surface area contributed by atoms with Crippen LogP contribution in [0.1, 0.15) is 37.5 Å². The first-order valence-electron chi connectivity index (χ1n) is 5.39. The second-order valence-corrected chi connectivity index (χ2v) is 5.08. The van der Waals surface area contributed by atoms with Crippen molar-refractivity contribution in [2.45, 2.75) is 39.5 Å². The van der Waals surface area contributed by atoms with Gasteiger partial charge in [-0.1, -0.05) is 26.8 Å². The van der Waals surface area contributed by atoms with Crippen LogP contribution in [0.5, 0.6) is 5.75 Å². The molecule has 0 aliphatic heterocycles. The van der Waals surface area contributed by atoms with Crippen LogP contribution in [0.3, 0.4) is 0 Å². The Morgan fingerprint density at radius 1 is 1.27 bits per heavy atom. The van der Waals surface area contributed by atoms with E-state index in [1.165, 1.54) is 5.56 Å². The lowest BCUT2D eigenvalue weighted by atomic mass is 9.84. The summed E-state index contributed by atoms with van der Waals surface area (Å²) in [6.07, 6.45) is 0.870. The van der Waals surface area contributed by atoms with E-state index in [0.29, 0.717) is 12.3 Å². The van der Waals surface area contributed by atoms with Crippen molar-refractivity contribution in [3.63, 3.8) is 0 Å². The molecule has 1 aromatic carbocycles. The molecule has 0 heterocycles. The van der Waals surface area contributed by atoms with Crippen molar-refractivity contribution in [3.05, 3.63) is 28.8 Å². The molecule has 1 aromatic rings. The van der Waals surface area contributed by atoms with Gasteiger partial charge in [0.05, 0.1) is 0 Å². The molecule has 0 saturated heterocycles. The zero-order valence-corrected chi connectivity index (χ0v) is 10.1. The van der Waals surface area contributed by atoms with Gasteiger partial charge in [0.25, 0.3) is 0 Å². The van der Waals surface area contributed by atoms with Gasteiger partial charge in [-0.25, -0.2) is 0 Å². The second kappa shape index (κ2) is 4.23. The highest BCUT2D eigenvalue weighted by molar-refractivity contribution is 5.44. The molecule has 2 heteroatoms. The predicted octanol–water partition coefficient (Wildman–Crippen LogP) is 2.50. The molecular formula is C13H21NO. The number of benzene rings is 1. The standard InChI is InChI=1S/C13H21NO/c1-9-7-12(15)11(13(2,3)4)8-10(9)5-6-14/h7-8,15H,5-6,14H2,1-4H3. The van der Waals surface area contributed by atoms with Crippen LogP contribution in [0.25, 0.3) is 0 Å². The molecule has 0 aromatic heterocycles. The molecule has 0 spiro atoms. The summed E-state index contributed by atoms with van der Waals surface area (Å²) in [5, 5.41) is 9.89. The van der Waals surface area contributed by atoms with Gasteiger partial charge in [-0.3, -0.25) is 0 Å². The largest absolute Gasteiger partial charge is 0.508 e. The van der Waals surface area contributed by atoms with E-state index in [9.17, 15) is 5.11 Å². The molecule has 0 radical (unpaired) electrons. The summed E-state index contributed by atoms with van der Waals surface area (Å²) in [6, 6.07) is 3.92. The van der Waals surface area contributed by atoms with E-state index >= 15 is 0 Å². The number of hydrogen-bond donors (Lipinski definition) is 2. The molecule has 0 atom stereocenters. The van der Waals surface area contributed by atoms with Crippen LogP contribution in [0, 0.1) is 6.92 Å². The highest BCUT2D eigenvalue weighted by Crippen LogP contribution is 2.32. The number of rotatable bonds is 2. The lowest BCUT2D eigenvalue weighted by molar-refractivity contribution is 0.445. The quantitative estimate of drug-likeness (QED) is 0.782. The molecule has 0 saturated carbocycles. The summed E-state index contributed by atoms with van der Waals surface area (Å²) in [5.41, 5.74) is 8.89. The van der Waals surface area contributed by atoms with Crippen LogP contribution >= 0.6 is 0 Å². The zero-order valence-electron chi connectivity index (χ0n) is 10.1. The normalized spacial score (nSPS) is 11.8. The Morgan fingerprint density at radius 2 is 1.87 bits per heavy atom. The van der Waals surface area contributed by atoms with E-state index in [2.05, 4.69) is 26.8 Å². The van der Waals surface area contributed by atoms with Crippen molar-refractivity contribution in [1.82, 2.24) is 0 Å². The van der Waals surface area contributed by atoms with Gasteiger partial charge in [0, 0.05) is 0 Å². The first-order valence-corrected chi connectivity index (χ1v) is 5.39. The third-order valence-corrected chi connectivity index (χ3v) is 2.68. The Kier molecular flexibility index (Phi) is 3.40. The van der Waals surface area contributed by atoms with Crippen LogP contribution in [-0.4, -0.2) is 11.7 Å². The predicted molar refractivity (Wildman–Crippen MR) is 64.3 cm³/mol. The maximum absolute atomic E-state index is 9.89. The fourth-order valence-electron chi connectivity index (χ4n) is 1.76. The van der Waals surface area contributed by atoms with Gasteiger partial charge >= 0.3 is 0 Å². The van der Waals surface area contributed by atoms with Crippen LogP contribution in [0.15, 0.2) is 12.1 Å². The summed E-state index contributed by atoms with van der Waals surface area (Å²) in [5.74, 6) is 0.390. The SMILES string of the molecule is Cc1cc(O)c(C(C)(C)C)cc1CCN. The molecule has 0 bridgehead atoms. The van der Waals surface area contributed by atoms with E-state index in [4.69, 9.17) is 5.73 Å². The Morgan fingerprint density at radius 3 is 2.33 bits per heavy atom. The lowest BCUT2D eigenvalue weighted by Crippen LogP contribution is -2.13. The minimum absolute atomic E-state index is 0.0267. The number of aryl methyl sites for hydroxylation is 1. The Labute approximate surface area is 92.1 Å². The van der Waals surface area contributed by atoms with E-state index in [1.807, 2.05) is 13.0 Å². The zero-order chi connectivity index (χ0) is 11.6. The first-order chi connectivity index (χ1) is 6.86. The Balaban J connectivity index is 3.23. The fourth-order valence-corrected chi connectivity index (χ4v) is 1.76. The molecule has 2 nitrogen and oxygen atoms in total. The number of nitrogens with two attached hydrogens (primary N) is 1. The highest BCUT2D eigenvalue weighted by atomic mass is 16.3. The van der Waals surface area contributed by atoms with Gasteiger partial charge in [-0.2, -0.15) is 0 Å². The van der Waals surface area contributed by atoms with Crippen LogP contribution < -0.4 is 5.73 Å². The van der Waals surface area contributed by atoms with Crippen LogP contribution in [-0.2, 0) is 11.8 Å². The van der Waals surface area contributed by atoms with Crippen molar-refractivity contribution in [3.8, 4) is 5.75 Å². The summed E-state index contributed by atoms with van der Waals surface area (Å²) in [7, 11) is 0. The minimum Gasteiger partial charge on any atom is -0.508 e. The molecule has 3 N–H and O–H groups in total. The van der Waals surface area contributed by atoms with E-state index in [1.54, 1.807) is 0 Å². The van der Waals surface area contributed by atoms with Crippen molar-refractivity contribution in [1.29, 1.82) is 0 Å². The van der Waals surface area contributed by atoms with Crippen molar-refractivity contribution < 1.29 is 5.11 Å². The van der Waals surface area contributed by atoms with Gasteiger partial charge in [0.15, 0.2) is 0 Å². The third kappa shape index (κ3) is 2.72. The molecule has 84 valence electrons. The van der Waals surface area contributed by atoms with Gasteiger partial charge in [0.2, 0.25) is 0 Å². The molecule has 0 aliphatic rings. The molecule has 0 unspecified atom stereocenters. The second-order valence-electron chi connectivity index (χ2n) is 5.08. The van der Waals surface area contributed by atoms with Gasteiger partial charge in [0.1, 0.15) is 5.75 Å². The third-order valence-electron chi connectivity index (χ3n) is 2.68. The average molecular weight is 207 g/mol. The number of phenolic OH excluding ortho intramolecular Hbond substituents is 1. The maximum Gasteiger partial charge on any atom is 0.119 e. The van der Waals surface area contributed by atoms with Crippen molar-refractivity contribution in [2.24, 2.45) is 5.73 Å². The number of hydrogen-bond acceptors (Lipinski definition) is 2. The average Bonchev–Trinajstić information content (AvgIpc) is 2.07.